The fourth-order valence-corrected chi connectivity index (χ4v) is 2.07. The lowest BCUT2D eigenvalue weighted by atomic mass is 10.1. The predicted molar refractivity (Wildman–Crippen MR) is 80.0 cm³/mol. The molecule has 0 N–H and O–H groups in total. The first-order chi connectivity index (χ1) is 10.2. The van der Waals surface area contributed by atoms with E-state index in [1.807, 2.05) is 36.4 Å². The van der Waals surface area contributed by atoms with E-state index in [4.69, 9.17) is 9.26 Å². The molecule has 0 bridgehead atoms. The van der Waals surface area contributed by atoms with E-state index in [9.17, 15) is 0 Å². The summed E-state index contributed by atoms with van der Waals surface area (Å²) in [6.45, 7) is 4.40. The second-order valence-electron chi connectivity index (χ2n) is 4.88. The molecular weight excluding hydrogens is 264 g/mol. The van der Waals surface area contributed by atoms with Crippen LogP contribution in [0.1, 0.15) is 17.0 Å². The van der Waals surface area contributed by atoms with Crippen LogP contribution in [0.4, 0.5) is 0 Å². The monoisotopic (exact) mass is 280 g/mol. The fraction of sp³-hybridized carbons (Fsp3) is 0.176. The molecule has 1 aromatic heterocycles. The van der Waals surface area contributed by atoms with Gasteiger partial charge in [-0.15, -0.1) is 0 Å². The van der Waals surface area contributed by atoms with Gasteiger partial charge in [0.1, 0.15) is 12.4 Å². The van der Waals surface area contributed by atoms with E-state index in [2.05, 4.69) is 29.2 Å². The molecule has 0 saturated heterocycles. The van der Waals surface area contributed by atoms with E-state index < -0.39 is 0 Å². The van der Waals surface area contributed by atoms with E-state index in [0.717, 1.165) is 11.3 Å². The summed E-state index contributed by atoms with van der Waals surface area (Å²) in [5.41, 5.74) is 3.29. The van der Waals surface area contributed by atoms with Gasteiger partial charge in [0, 0.05) is 12.5 Å². The lowest BCUT2D eigenvalue weighted by molar-refractivity contribution is 0.305. The summed E-state index contributed by atoms with van der Waals surface area (Å²) >= 11 is 0. The minimum atomic E-state index is 0.543. The van der Waals surface area contributed by atoms with Gasteiger partial charge in [-0.3, -0.25) is 0 Å². The molecule has 0 aliphatic heterocycles. The Kier molecular flexibility index (Phi) is 3.69. The molecule has 4 nitrogen and oxygen atoms in total. The molecule has 0 spiro atoms. The van der Waals surface area contributed by atoms with Crippen LogP contribution in [-0.2, 0) is 6.61 Å². The Morgan fingerprint density at radius 2 is 1.90 bits per heavy atom. The molecule has 2 aromatic carbocycles. The molecule has 0 unspecified atom stereocenters. The summed E-state index contributed by atoms with van der Waals surface area (Å²) in [7, 11) is 0. The van der Waals surface area contributed by atoms with Crippen LogP contribution in [0.2, 0.25) is 0 Å². The molecular formula is C17H16N2O2. The Hall–Kier alpha value is -2.62. The predicted octanol–water partition coefficient (Wildman–Crippen LogP) is 3.93. The first-order valence-electron chi connectivity index (χ1n) is 6.80. The largest absolute Gasteiger partial charge is 0.489 e. The SMILES string of the molecule is Cc1nc(-c2cccc(OCc3ccccc3C)c2)no1. The number of hydrogen-bond acceptors (Lipinski definition) is 4. The Balaban J connectivity index is 1.76. The first-order valence-corrected chi connectivity index (χ1v) is 6.80. The standard InChI is InChI=1S/C17H16N2O2/c1-12-6-3-4-7-15(12)11-20-16-9-5-8-14(10-16)17-18-13(2)21-19-17/h3-10H,11H2,1-2H3. The third-order valence-corrected chi connectivity index (χ3v) is 3.28. The zero-order valence-electron chi connectivity index (χ0n) is 12.0. The fourth-order valence-electron chi connectivity index (χ4n) is 2.07. The van der Waals surface area contributed by atoms with Gasteiger partial charge in [-0.25, -0.2) is 0 Å². The summed E-state index contributed by atoms with van der Waals surface area (Å²) in [6.07, 6.45) is 0. The minimum Gasteiger partial charge on any atom is -0.489 e. The van der Waals surface area contributed by atoms with Crippen LogP contribution in [0.3, 0.4) is 0 Å². The van der Waals surface area contributed by atoms with Crippen LogP contribution in [-0.4, -0.2) is 10.1 Å². The highest BCUT2D eigenvalue weighted by atomic mass is 16.5. The molecule has 0 radical (unpaired) electrons. The summed E-state index contributed by atoms with van der Waals surface area (Å²) in [5.74, 6) is 1.92. The molecule has 21 heavy (non-hydrogen) atoms. The van der Waals surface area contributed by atoms with Gasteiger partial charge in [-0.2, -0.15) is 4.98 Å². The smallest absolute Gasteiger partial charge is 0.223 e. The summed E-state index contributed by atoms with van der Waals surface area (Å²) in [4.78, 5) is 4.22. The van der Waals surface area contributed by atoms with E-state index in [-0.39, 0.29) is 0 Å². The van der Waals surface area contributed by atoms with Gasteiger partial charge < -0.3 is 9.26 Å². The summed E-state index contributed by atoms with van der Waals surface area (Å²) in [5, 5.41) is 3.92. The number of benzene rings is 2. The van der Waals surface area contributed by atoms with Gasteiger partial charge in [0.05, 0.1) is 0 Å². The van der Waals surface area contributed by atoms with Crippen LogP contribution in [0, 0.1) is 13.8 Å². The molecule has 3 aromatic rings. The third-order valence-electron chi connectivity index (χ3n) is 3.28. The number of ether oxygens (including phenoxy) is 1. The first kappa shape index (κ1) is 13.4. The van der Waals surface area contributed by atoms with Crippen LogP contribution in [0.5, 0.6) is 5.75 Å². The number of rotatable bonds is 4. The van der Waals surface area contributed by atoms with Crippen molar-refractivity contribution in [3.05, 3.63) is 65.5 Å². The Morgan fingerprint density at radius 3 is 2.67 bits per heavy atom. The van der Waals surface area contributed by atoms with Gasteiger partial charge >= 0.3 is 0 Å². The number of hydrogen-bond donors (Lipinski definition) is 0. The van der Waals surface area contributed by atoms with Gasteiger partial charge in [0.15, 0.2) is 0 Å². The second kappa shape index (κ2) is 5.79. The molecule has 1 heterocycles. The highest BCUT2D eigenvalue weighted by Gasteiger charge is 2.07. The molecule has 106 valence electrons. The minimum absolute atomic E-state index is 0.543. The van der Waals surface area contributed by atoms with Crippen molar-refractivity contribution in [2.24, 2.45) is 0 Å². The molecule has 0 fully saturated rings. The Morgan fingerprint density at radius 1 is 1.05 bits per heavy atom. The maximum atomic E-state index is 5.86. The zero-order chi connectivity index (χ0) is 14.7. The van der Waals surface area contributed by atoms with Crippen molar-refractivity contribution >= 4 is 0 Å². The highest BCUT2D eigenvalue weighted by molar-refractivity contribution is 5.56. The molecule has 0 amide bonds. The van der Waals surface area contributed by atoms with E-state index >= 15 is 0 Å². The van der Waals surface area contributed by atoms with Crippen LogP contribution in [0.15, 0.2) is 53.1 Å². The highest BCUT2D eigenvalue weighted by Crippen LogP contribution is 2.22. The van der Waals surface area contributed by atoms with Crippen molar-refractivity contribution in [2.45, 2.75) is 20.5 Å². The Bertz CT molecular complexity index is 750. The van der Waals surface area contributed by atoms with Crippen molar-refractivity contribution in [1.29, 1.82) is 0 Å². The van der Waals surface area contributed by atoms with Gasteiger partial charge in [-0.1, -0.05) is 41.6 Å². The normalized spacial score (nSPS) is 10.6. The molecule has 0 aliphatic rings. The van der Waals surface area contributed by atoms with E-state index in [0.29, 0.717) is 18.3 Å². The van der Waals surface area contributed by atoms with Gasteiger partial charge in [0.25, 0.3) is 0 Å². The number of aromatic nitrogens is 2. The van der Waals surface area contributed by atoms with Gasteiger partial charge in [-0.05, 0) is 30.2 Å². The summed E-state index contributed by atoms with van der Waals surface area (Å²) in [6, 6.07) is 15.9. The molecule has 4 heteroatoms. The number of aryl methyl sites for hydroxylation is 2. The molecule has 0 aliphatic carbocycles. The average Bonchev–Trinajstić information content (AvgIpc) is 2.93. The topological polar surface area (TPSA) is 48.2 Å². The molecule has 0 atom stereocenters. The van der Waals surface area contributed by atoms with E-state index in [1.54, 1.807) is 6.92 Å². The van der Waals surface area contributed by atoms with Crippen molar-refractivity contribution in [3.8, 4) is 17.1 Å². The van der Waals surface area contributed by atoms with Crippen molar-refractivity contribution in [3.63, 3.8) is 0 Å². The zero-order valence-corrected chi connectivity index (χ0v) is 12.0. The van der Waals surface area contributed by atoms with Crippen molar-refractivity contribution in [1.82, 2.24) is 10.1 Å². The maximum absolute atomic E-state index is 5.86. The average molecular weight is 280 g/mol. The van der Waals surface area contributed by atoms with Crippen molar-refractivity contribution in [2.75, 3.05) is 0 Å². The maximum Gasteiger partial charge on any atom is 0.223 e. The Labute approximate surface area is 123 Å². The van der Waals surface area contributed by atoms with Gasteiger partial charge in [0.2, 0.25) is 11.7 Å². The lowest BCUT2D eigenvalue weighted by Gasteiger charge is -2.09. The molecule has 0 saturated carbocycles. The second-order valence-corrected chi connectivity index (χ2v) is 4.88. The van der Waals surface area contributed by atoms with Crippen LogP contribution >= 0.6 is 0 Å². The third kappa shape index (κ3) is 3.11. The lowest BCUT2D eigenvalue weighted by Crippen LogP contribution is -1.97. The number of nitrogens with zero attached hydrogens (tertiary/aromatic N) is 2. The quantitative estimate of drug-likeness (QED) is 0.726. The van der Waals surface area contributed by atoms with Crippen LogP contribution in [0.25, 0.3) is 11.4 Å². The molecule has 3 rings (SSSR count). The van der Waals surface area contributed by atoms with Crippen molar-refractivity contribution < 1.29 is 9.26 Å². The van der Waals surface area contributed by atoms with E-state index in [1.165, 1.54) is 11.1 Å². The van der Waals surface area contributed by atoms with Crippen LogP contribution < -0.4 is 4.74 Å². The summed E-state index contributed by atoms with van der Waals surface area (Å²) < 4.78 is 10.9.